The Morgan fingerprint density at radius 2 is 1.67 bits per heavy atom. The maximum atomic E-state index is 12.6. The summed E-state index contributed by atoms with van der Waals surface area (Å²) in [6, 6.07) is 3.52. The van der Waals surface area contributed by atoms with E-state index in [0.29, 0.717) is 17.9 Å². The maximum absolute atomic E-state index is 12.6. The van der Waals surface area contributed by atoms with Crippen LogP contribution in [0.4, 0.5) is 8.78 Å². The molecule has 0 saturated carbocycles. The molecule has 0 nitrogen and oxygen atoms in total. The van der Waals surface area contributed by atoms with E-state index >= 15 is 0 Å². The molecule has 0 bridgehead atoms. The molecule has 0 spiro atoms. The number of rotatable bonds is 3. The van der Waals surface area contributed by atoms with E-state index in [0.717, 1.165) is 12.5 Å². The summed E-state index contributed by atoms with van der Waals surface area (Å²) in [4.78, 5) is 0. The SMILES string of the molecule is Fc1cc(F)cc(CCCCl)c1. The van der Waals surface area contributed by atoms with Crippen molar-refractivity contribution in [3.63, 3.8) is 0 Å². The van der Waals surface area contributed by atoms with Gasteiger partial charge in [0.25, 0.3) is 0 Å². The van der Waals surface area contributed by atoms with Crippen LogP contribution in [0, 0.1) is 11.6 Å². The van der Waals surface area contributed by atoms with Gasteiger partial charge in [0.05, 0.1) is 0 Å². The van der Waals surface area contributed by atoms with Crippen LogP contribution in [-0.2, 0) is 6.42 Å². The molecule has 0 amide bonds. The summed E-state index contributed by atoms with van der Waals surface area (Å²) in [5.74, 6) is -0.544. The van der Waals surface area contributed by atoms with Gasteiger partial charge in [-0.25, -0.2) is 8.78 Å². The Balaban J connectivity index is 2.72. The molecule has 12 heavy (non-hydrogen) atoms. The van der Waals surface area contributed by atoms with Crippen LogP contribution in [0.1, 0.15) is 12.0 Å². The van der Waals surface area contributed by atoms with Crippen molar-refractivity contribution in [3.8, 4) is 0 Å². The first-order chi connectivity index (χ1) is 5.72. The quantitative estimate of drug-likeness (QED) is 0.643. The van der Waals surface area contributed by atoms with Gasteiger partial charge in [0, 0.05) is 11.9 Å². The number of aryl methyl sites for hydroxylation is 1. The van der Waals surface area contributed by atoms with Gasteiger partial charge >= 0.3 is 0 Å². The third kappa shape index (κ3) is 2.78. The number of alkyl halides is 1. The zero-order valence-corrected chi connectivity index (χ0v) is 7.24. The van der Waals surface area contributed by atoms with Gasteiger partial charge in [-0.15, -0.1) is 11.6 Å². The number of benzene rings is 1. The van der Waals surface area contributed by atoms with Crippen molar-refractivity contribution in [2.75, 3.05) is 5.88 Å². The molecule has 0 atom stereocenters. The normalized spacial score (nSPS) is 10.2. The molecule has 1 aromatic carbocycles. The Kier molecular flexibility index (Phi) is 3.48. The zero-order valence-electron chi connectivity index (χ0n) is 6.49. The van der Waals surface area contributed by atoms with Crippen molar-refractivity contribution in [3.05, 3.63) is 35.4 Å². The van der Waals surface area contributed by atoms with Crippen LogP contribution in [0.15, 0.2) is 18.2 Å². The van der Waals surface area contributed by atoms with E-state index in [9.17, 15) is 8.78 Å². The number of hydrogen-bond acceptors (Lipinski definition) is 0. The molecule has 0 N–H and O–H groups in total. The fourth-order valence-corrected chi connectivity index (χ4v) is 1.16. The summed E-state index contributed by atoms with van der Waals surface area (Å²) in [6.07, 6.45) is 1.36. The van der Waals surface area contributed by atoms with E-state index in [1.165, 1.54) is 12.1 Å². The molecule has 0 radical (unpaired) electrons. The van der Waals surface area contributed by atoms with E-state index in [1.54, 1.807) is 0 Å². The highest BCUT2D eigenvalue weighted by molar-refractivity contribution is 6.17. The summed E-state index contributed by atoms with van der Waals surface area (Å²) in [6.45, 7) is 0. The van der Waals surface area contributed by atoms with Crippen molar-refractivity contribution < 1.29 is 8.78 Å². The summed E-state index contributed by atoms with van der Waals surface area (Å²) in [5, 5.41) is 0. The Morgan fingerprint density at radius 3 is 2.17 bits per heavy atom. The third-order valence-electron chi connectivity index (χ3n) is 1.52. The first-order valence-electron chi connectivity index (χ1n) is 3.73. The van der Waals surface area contributed by atoms with Crippen LogP contribution in [0.2, 0.25) is 0 Å². The summed E-state index contributed by atoms with van der Waals surface area (Å²) >= 11 is 5.44. The minimum absolute atomic E-state index is 0.512. The maximum Gasteiger partial charge on any atom is 0.126 e. The molecule has 0 aliphatic heterocycles. The lowest BCUT2D eigenvalue weighted by atomic mass is 10.1. The first-order valence-corrected chi connectivity index (χ1v) is 4.27. The minimum Gasteiger partial charge on any atom is -0.207 e. The first kappa shape index (κ1) is 9.46. The van der Waals surface area contributed by atoms with Gasteiger partial charge in [-0.05, 0) is 30.5 Å². The van der Waals surface area contributed by atoms with Crippen molar-refractivity contribution in [2.45, 2.75) is 12.8 Å². The zero-order chi connectivity index (χ0) is 8.97. The van der Waals surface area contributed by atoms with Crippen molar-refractivity contribution >= 4 is 11.6 Å². The standard InChI is InChI=1S/C9H9ClF2/c10-3-1-2-7-4-8(11)6-9(12)5-7/h4-6H,1-3H2. The second-order valence-electron chi connectivity index (χ2n) is 2.57. The van der Waals surface area contributed by atoms with E-state index in [-0.39, 0.29) is 0 Å². The molecule has 1 aromatic rings. The number of hydrogen-bond donors (Lipinski definition) is 0. The van der Waals surface area contributed by atoms with Crippen LogP contribution in [0.3, 0.4) is 0 Å². The van der Waals surface area contributed by atoms with Gasteiger partial charge in [0.15, 0.2) is 0 Å². The van der Waals surface area contributed by atoms with Gasteiger partial charge in [-0.2, -0.15) is 0 Å². The lowest BCUT2D eigenvalue weighted by Crippen LogP contribution is -1.89. The number of halogens is 3. The summed E-state index contributed by atoms with van der Waals surface area (Å²) in [7, 11) is 0. The summed E-state index contributed by atoms with van der Waals surface area (Å²) in [5.41, 5.74) is 0.660. The smallest absolute Gasteiger partial charge is 0.126 e. The van der Waals surface area contributed by atoms with Crippen molar-refractivity contribution in [2.24, 2.45) is 0 Å². The second kappa shape index (κ2) is 4.41. The molecule has 0 aliphatic carbocycles. The molecule has 0 heterocycles. The van der Waals surface area contributed by atoms with Gasteiger partial charge in [0.2, 0.25) is 0 Å². The Hall–Kier alpha value is -0.630. The highest BCUT2D eigenvalue weighted by Gasteiger charge is 1.99. The van der Waals surface area contributed by atoms with Gasteiger partial charge in [0.1, 0.15) is 11.6 Å². The fourth-order valence-electron chi connectivity index (χ4n) is 1.03. The Bertz CT molecular complexity index is 240. The highest BCUT2D eigenvalue weighted by Crippen LogP contribution is 2.09. The molecular formula is C9H9ClF2. The second-order valence-corrected chi connectivity index (χ2v) is 2.95. The molecule has 0 aromatic heterocycles. The van der Waals surface area contributed by atoms with E-state index in [4.69, 9.17) is 11.6 Å². The monoisotopic (exact) mass is 190 g/mol. The van der Waals surface area contributed by atoms with Crippen molar-refractivity contribution in [1.82, 2.24) is 0 Å². The topological polar surface area (TPSA) is 0 Å². The molecule has 0 fully saturated rings. The lowest BCUT2D eigenvalue weighted by molar-refractivity contribution is 0.579. The van der Waals surface area contributed by atoms with Crippen molar-refractivity contribution in [1.29, 1.82) is 0 Å². The molecule has 0 unspecified atom stereocenters. The van der Waals surface area contributed by atoms with Crippen LogP contribution in [0.25, 0.3) is 0 Å². The average Bonchev–Trinajstić information content (AvgIpc) is 1.99. The van der Waals surface area contributed by atoms with Crippen LogP contribution in [0.5, 0.6) is 0 Å². The predicted molar refractivity (Wildman–Crippen MR) is 45.4 cm³/mol. The summed E-state index contributed by atoms with van der Waals surface area (Å²) < 4.78 is 25.2. The van der Waals surface area contributed by atoms with Crippen LogP contribution < -0.4 is 0 Å². The largest absolute Gasteiger partial charge is 0.207 e. The van der Waals surface area contributed by atoms with E-state index in [2.05, 4.69) is 0 Å². The fraction of sp³-hybridized carbons (Fsp3) is 0.333. The Labute approximate surface area is 75.2 Å². The van der Waals surface area contributed by atoms with Gasteiger partial charge in [-0.3, -0.25) is 0 Å². The minimum atomic E-state index is -0.528. The highest BCUT2D eigenvalue weighted by atomic mass is 35.5. The molecular weight excluding hydrogens is 182 g/mol. The van der Waals surface area contributed by atoms with Gasteiger partial charge in [-0.1, -0.05) is 0 Å². The predicted octanol–water partition coefficient (Wildman–Crippen LogP) is 3.14. The molecule has 1 rings (SSSR count). The van der Waals surface area contributed by atoms with Gasteiger partial charge < -0.3 is 0 Å². The molecule has 0 aliphatic rings. The Morgan fingerprint density at radius 1 is 1.08 bits per heavy atom. The molecule has 66 valence electrons. The molecule has 0 saturated heterocycles. The average molecular weight is 191 g/mol. The van der Waals surface area contributed by atoms with E-state index in [1.807, 2.05) is 0 Å². The van der Waals surface area contributed by atoms with Crippen LogP contribution >= 0.6 is 11.6 Å². The molecule has 3 heteroatoms. The third-order valence-corrected chi connectivity index (χ3v) is 1.79. The van der Waals surface area contributed by atoms with E-state index < -0.39 is 11.6 Å². The lowest BCUT2D eigenvalue weighted by Gasteiger charge is -1.99. The van der Waals surface area contributed by atoms with Crippen LogP contribution in [-0.4, -0.2) is 5.88 Å².